The molecule has 6 heteroatoms. The number of nitro groups is 1. The Morgan fingerprint density at radius 3 is 2.79 bits per heavy atom. The van der Waals surface area contributed by atoms with E-state index in [9.17, 15) is 14.9 Å². The minimum absolute atomic E-state index is 0.0563. The zero-order valence-corrected chi connectivity index (χ0v) is 7.35. The lowest BCUT2D eigenvalue weighted by Gasteiger charge is -2.02. The Balaban J connectivity index is 3.24. The van der Waals surface area contributed by atoms with Crippen molar-refractivity contribution >= 4 is 23.1 Å². The number of carbonyl (C=O) groups excluding carboxylic acids is 1. The number of benzene rings is 1. The molecule has 1 N–H and O–H groups in total. The molecular weight excluding hydrogens is 186 g/mol. The molecule has 0 saturated heterocycles. The molecule has 0 aliphatic carbocycles. The zero-order valence-electron chi connectivity index (χ0n) is 7.35. The Bertz CT molecular complexity index is 410. The molecule has 0 amide bonds. The topological polar surface area (TPSA) is 84.6 Å². The number of nitrogens with zero attached hydrogens (tertiary/aromatic N) is 2. The average Bonchev–Trinajstić information content (AvgIpc) is 2.18. The summed E-state index contributed by atoms with van der Waals surface area (Å²) in [5.74, 6) is 0. The zero-order chi connectivity index (χ0) is 10.6. The summed E-state index contributed by atoms with van der Waals surface area (Å²) in [6, 6.07) is 3.96. The van der Waals surface area contributed by atoms with E-state index in [0.29, 0.717) is 11.4 Å². The monoisotopic (exact) mass is 193 g/mol. The molecule has 0 aromatic heterocycles. The van der Waals surface area contributed by atoms with Crippen molar-refractivity contribution in [1.29, 1.82) is 0 Å². The van der Waals surface area contributed by atoms with E-state index in [-0.39, 0.29) is 5.69 Å². The lowest BCUT2D eigenvalue weighted by atomic mass is 10.2. The van der Waals surface area contributed by atoms with E-state index in [0.717, 1.165) is 0 Å². The number of aliphatic imine (C=N–C) groups is 1. The van der Waals surface area contributed by atoms with Crippen molar-refractivity contribution in [3.8, 4) is 0 Å². The molecular formula is C8H7N3O3. The van der Waals surface area contributed by atoms with E-state index >= 15 is 0 Å². The molecule has 1 aromatic carbocycles. The normalized spacial score (nSPS) is 8.93. The van der Waals surface area contributed by atoms with Gasteiger partial charge in [-0.25, -0.2) is 4.79 Å². The number of non-ortho nitro benzene ring substituents is 1. The van der Waals surface area contributed by atoms with Gasteiger partial charge in [-0.05, 0) is 6.07 Å². The SMILES string of the molecule is CNc1cc([N+](=O)[O-])ccc1N=C=O. The van der Waals surface area contributed by atoms with E-state index < -0.39 is 4.92 Å². The van der Waals surface area contributed by atoms with Crippen LogP contribution in [-0.2, 0) is 4.79 Å². The maximum absolute atomic E-state index is 10.4. The third-order valence-corrected chi connectivity index (χ3v) is 1.63. The van der Waals surface area contributed by atoms with Crippen molar-refractivity contribution in [1.82, 2.24) is 0 Å². The second kappa shape index (κ2) is 4.15. The van der Waals surface area contributed by atoms with E-state index in [1.807, 2.05) is 0 Å². The Hall–Kier alpha value is -2.20. The van der Waals surface area contributed by atoms with Gasteiger partial charge in [0.1, 0.15) is 0 Å². The molecule has 0 saturated carbocycles. The Morgan fingerprint density at radius 1 is 1.57 bits per heavy atom. The van der Waals surface area contributed by atoms with Crippen molar-refractivity contribution in [2.75, 3.05) is 12.4 Å². The predicted molar refractivity (Wildman–Crippen MR) is 50.4 cm³/mol. The maximum atomic E-state index is 10.4. The molecule has 0 unspecified atom stereocenters. The van der Waals surface area contributed by atoms with Crippen LogP contribution in [0.3, 0.4) is 0 Å². The number of rotatable bonds is 3. The molecule has 0 bridgehead atoms. The smallest absolute Gasteiger partial charge is 0.271 e. The largest absolute Gasteiger partial charge is 0.386 e. The summed E-state index contributed by atoms with van der Waals surface area (Å²) in [7, 11) is 1.59. The van der Waals surface area contributed by atoms with Gasteiger partial charge in [-0.1, -0.05) is 0 Å². The molecule has 1 rings (SSSR count). The second-order valence-corrected chi connectivity index (χ2v) is 2.41. The average molecular weight is 193 g/mol. The fraction of sp³-hybridized carbons (Fsp3) is 0.125. The summed E-state index contributed by atoms with van der Waals surface area (Å²) >= 11 is 0. The van der Waals surface area contributed by atoms with Crippen molar-refractivity contribution in [2.45, 2.75) is 0 Å². The first-order chi connectivity index (χ1) is 6.69. The summed E-state index contributed by atoms with van der Waals surface area (Å²) in [5, 5.41) is 13.1. The van der Waals surface area contributed by atoms with Gasteiger partial charge in [0.25, 0.3) is 5.69 Å². The van der Waals surface area contributed by atoms with Crippen LogP contribution in [0.5, 0.6) is 0 Å². The number of isocyanates is 1. The molecule has 0 heterocycles. The molecule has 0 radical (unpaired) electrons. The van der Waals surface area contributed by atoms with E-state index in [2.05, 4.69) is 10.3 Å². The lowest BCUT2D eigenvalue weighted by molar-refractivity contribution is -0.384. The predicted octanol–water partition coefficient (Wildman–Crippen LogP) is 1.60. The Kier molecular flexibility index (Phi) is 2.93. The lowest BCUT2D eigenvalue weighted by Crippen LogP contribution is -1.92. The molecule has 14 heavy (non-hydrogen) atoms. The number of nitrogens with one attached hydrogen (secondary N) is 1. The number of nitro benzene ring substituents is 1. The first-order valence-corrected chi connectivity index (χ1v) is 3.73. The van der Waals surface area contributed by atoms with Gasteiger partial charge >= 0.3 is 0 Å². The minimum Gasteiger partial charge on any atom is -0.386 e. The van der Waals surface area contributed by atoms with Crippen LogP contribution < -0.4 is 5.32 Å². The summed E-state index contributed by atoms with van der Waals surface area (Å²) in [5.41, 5.74) is 0.690. The van der Waals surface area contributed by atoms with E-state index in [4.69, 9.17) is 0 Å². The molecule has 1 aromatic rings. The van der Waals surface area contributed by atoms with Crippen LogP contribution in [0.1, 0.15) is 0 Å². The van der Waals surface area contributed by atoms with Crippen LogP contribution in [0.4, 0.5) is 17.1 Å². The molecule has 0 spiro atoms. The van der Waals surface area contributed by atoms with Crippen LogP contribution >= 0.6 is 0 Å². The van der Waals surface area contributed by atoms with Gasteiger partial charge in [0, 0.05) is 19.2 Å². The van der Waals surface area contributed by atoms with Gasteiger partial charge in [-0.2, -0.15) is 4.99 Å². The van der Waals surface area contributed by atoms with Crippen molar-refractivity contribution in [2.24, 2.45) is 4.99 Å². The van der Waals surface area contributed by atoms with Crippen LogP contribution in [-0.4, -0.2) is 18.1 Å². The summed E-state index contributed by atoms with van der Waals surface area (Å²) < 4.78 is 0. The van der Waals surface area contributed by atoms with Gasteiger partial charge in [0.05, 0.1) is 16.3 Å². The maximum Gasteiger partial charge on any atom is 0.271 e. The number of anilines is 1. The van der Waals surface area contributed by atoms with E-state index in [1.54, 1.807) is 7.05 Å². The van der Waals surface area contributed by atoms with Gasteiger partial charge in [0.2, 0.25) is 6.08 Å². The molecule has 0 aliphatic heterocycles. The third-order valence-electron chi connectivity index (χ3n) is 1.63. The molecule has 72 valence electrons. The summed E-state index contributed by atoms with van der Waals surface area (Å²) in [6.07, 6.45) is 1.37. The fourth-order valence-electron chi connectivity index (χ4n) is 0.985. The highest BCUT2D eigenvalue weighted by Gasteiger charge is 2.08. The van der Waals surface area contributed by atoms with Crippen molar-refractivity contribution < 1.29 is 9.72 Å². The highest BCUT2D eigenvalue weighted by molar-refractivity contribution is 5.71. The third kappa shape index (κ3) is 1.94. The number of hydrogen-bond donors (Lipinski definition) is 1. The Morgan fingerprint density at radius 2 is 2.29 bits per heavy atom. The van der Waals surface area contributed by atoms with Crippen LogP contribution in [0.15, 0.2) is 23.2 Å². The highest BCUT2D eigenvalue weighted by Crippen LogP contribution is 2.28. The Labute approximate surface area is 79.4 Å². The molecule has 0 aliphatic rings. The standard InChI is InChI=1S/C8H7N3O3/c1-9-8-4-6(11(13)14)2-3-7(8)10-5-12/h2-4,9H,1H3. The van der Waals surface area contributed by atoms with E-state index in [1.165, 1.54) is 24.3 Å². The van der Waals surface area contributed by atoms with Gasteiger partial charge < -0.3 is 5.32 Å². The minimum atomic E-state index is -0.519. The number of hydrogen-bond acceptors (Lipinski definition) is 5. The van der Waals surface area contributed by atoms with Crippen molar-refractivity contribution in [3.63, 3.8) is 0 Å². The first-order valence-electron chi connectivity index (χ1n) is 3.73. The fourth-order valence-corrected chi connectivity index (χ4v) is 0.985. The van der Waals surface area contributed by atoms with Gasteiger partial charge in [-0.15, -0.1) is 0 Å². The molecule has 0 atom stereocenters. The quantitative estimate of drug-likeness (QED) is 0.342. The van der Waals surface area contributed by atoms with Crippen molar-refractivity contribution in [3.05, 3.63) is 28.3 Å². The molecule has 6 nitrogen and oxygen atoms in total. The highest BCUT2D eigenvalue weighted by atomic mass is 16.6. The first kappa shape index (κ1) is 9.88. The van der Waals surface area contributed by atoms with Crippen LogP contribution in [0, 0.1) is 10.1 Å². The van der Waals surface area contributed by atoms with Crippen LogP contribution in [0.2, 0.25) is 0 Å². The van der Waals surface area contributed by atoms with Gasteiger partial charge in [-0.3, -0.25) is 10.1 Å². The summed E-state index contributed by atoms with van der Waals surface area (Å²) in [6.45, 7) is 0. The molecule has 0 fully saturated rings. The second-order valence-electron chi connectivity index (χ2n) is 2.41. The van der Waals surface area contributed by atoms with Gasteiger partial charge in [0.15, 0.2) is 0 Å². The summed E-state index contributed by atoms with van der Waals surface area (Å²) in [4.78, 5) is 23.3. The van der Waals surface area contributed by atoms with Crippen LogP contribution in [0.25, 0.3) is 0 Å².